The van der Waals surface area contributed by atoms with Crippen molar-refractivity contribution in [2.45, 2.75) is 51.1 Å². The van der Waals surface area contributed by atoms with Crippen molar-refractivity contribution in [3.63, 3.8) is 0 Å². The molecule has 0 amide bonds. The summed E-state index contributed by atoms with van der Waals surface area (Å²) in [6.07, 6.45) is 7.37. The van der Waals surface area contributed by atoms with Crippen molar-refractivity contribution in [2.24, 2.45) is 17.8 Å². The van der Waals surface area contributed by atoms with E-state index < -0.39 is 0 Å². The van der Waals surface area contributed by atoms with Gasteiger partial charge in [0.1, 0.15) is 0 Å². The second kappa shape index (κ2) is 3.92. The number of likely N-dealkylation sites (tertiary alicyclic amines) is 1. The molecule has 2 heteroatoms. The molecule has 0 aromatic rings. The van der Waals surface area contributed by atoms with Crippen molar-refractivity contribution in [3.8, 4) is 0 Å². The standard InChI is InChI=1S/C13H22ClN/c1-9-12(8-14)4-5-15(9)13-7-10-2-3-11(13)6-10/h9-13H,2-8H2,1H3. The van der Waals surface area contributed by atoms with Gasteiger partial charge in [0.15, 0.2) is 0 Å². The maximum atomic E-state index is 6.03. The molecule has 2 aliphatic carbocycles. The first-order valence-electron chi connectivity index (χ1n) is 6.61. The monoisotopic (exact) mass is 227 g/mol. The van der Waals surface area contributed by atoms with E-state index in [1.54, 1.807) is 0 Å². The lowest BCUT2D eigenvalue weighted by molar-refractivity contribution is 0.127. The lowest BCUT2D eigenvalue weighted by atomic mass is 9.93. The van der Waals surface area contributed by atoms with Crippen LogP contribution in [0.5, 0.6) is 0 Å². The van der Waals surface area contributed by atoms with Crippen LogP contribution < -0.4 is 0 Å². The van der Waals surface area contributed by atoms with Gasteiger partial charge in [-0.15, -0.1) is 11.6 Å². The van der Waals surface area contributed by atoms with Crippen LogP contribution in [0.25, 0.3) is 0 Å². The zero-order valence-corrected chi connectivity index (χ0v) is 10.4. The largest absolute Gasteiger partial charge is 0.297 e. The molecular weight excluding hydrogens is 206 g/mol. The van der Waals surface area contributed by atoms with Gasteiger partial charge in [-0.25, -0.2) is 0 Å². The molecule has 3 aliphatic rings. The second-order valence-electron chi connectivity index (χ2n) is 5.92. The van der Waals surface area contributed by atoms with Crippen LogP contribution in [0.15, 0.2) is 0 Å². The number of nitrogens with zero attached hydrogens (tertiary/aromatic N) is 1. The van der Waals surface area contributed by atoms with E-state index in [-0.39, 0.29) is 0 Å². The van der Waals surface area contributed by atoms with E-state index in [2.05, 4.69) is 11.8 Å². The van der Waals surface area contributed by atoms with Crippen molar-refractivity contribution < 1.29 is 0 Å². The van der Waals surface area contributed by atoms with Gasteiger partial charge in [-0.2, -0.15) is 0 Å². The topological polar surface area (TPSA) is 3.24 Å². The highest BCUT2D eigenvalue weighted by atomic mass is 35.5. The zero-order valence-electron chi connectivity index (χ0n) is 9.66. The van der Waals surface area contributed by atoms with E-state index >= 15 is 0 Å². The molecule has 86 valence electrons. The van der Waals surface area contributed by atoms with Crippen LogP contribution in [0.3, 0.4) is 0 Å². The maximum absolute atomic E-state index is 6.03. The summed E-state index contributed by atoms with van der Waals surface area (Å²) in [5.41, 5.74) is 0. The van der Waals surface area contributed by atoms with Crippen molar-refractivity contribution >= 4 is 11.6 Å². The van der Waals surface area contributed by atoms with Gasteiger partial charge < -0.3 is 0 Å². The molecule has 0 aromatic heterocycles. The summed E-state index contributed by atoms with van der Waals surface area (Å²) in [6, 6.07) is 1.67. The molecule has 1 nitrogen and oxygen atoms in total. The fourth-order valence-electron chi connectivity index (χ4n) is 4.32. The SMILES string of the molecule is CC1C(CCl)CCN1C1CC2CCC1C2. The summed E-state index contributed by atoms with van der Waals surface area (Å²) in [5, 5.41) is 0. The average Bonchev–Trinajstić information content (AvgIpc) is 2.91. The summed E-state index contributed by atoms with van der Waals surface area (Å²) >= 11 is 6.03. The lowest BCUT2D eigenvalue weighted by Crippen LogP contribution is -2.42. The number of rotatable bonds is 2. The normalized spacial score (nSPS) is 50.4. The number of hydrogen-bond donors (Lipinski definition) is 0. The van der Waals surface area contributed by atoms with Crippen molar-refractivity contribution in [1.82, 2.24) is 4.90 Å². The minimum Gasteiger partial charge on any atom is -0.297 e. The highest BCUT2D eigenvalue weighted by molar-refractivity contribution is 6.18. The smallest absolute Gasteiger partial charge is 0.0267 e. The molecule has 5 atom stereocenters. The number of halogens is 1. The van der Waals surface area contributed by atoms with Crippen LogP contribution in [0.4, 0.5) is 0 Å². The molecule has 2 bridgehead atoms. The number of alkyl halides is 1. The van der Waals surface area contributed by atoms with Gasteiger partial charge in [0.05, 0.1) is 0 Å². The Morgan fingerprint density at radius 1 is 1.20 bits per heavy atom. The van der Waals surface area contributed by atoms with E-state index in [1.165, 1.54) is 38.6 Å². The maximum Gasteiger partial charge on any atom is 0.0267 e. The molecule has 5 unspecified atom stereocenters. The third kappa shape index (κ3) is 1.63. The van der Waals surface area contributed by atoms with E-state index in [1.807, 2.05) is 0 Å². The van der Waals surface area contributed by atoms with E-state index in [0.717, 1.165) is 35.7 Å². The molecule has 1 heterocycles. The minimum atomic E-state index is 0.742. The highest BCUT2D eigenvalue weighted by Crippen LogP contribution is 2.48. The van der Waals surface area contributed by atoms with Crippen LogP contribution in [-0.2, 0) is 0 Å². The van der Waals surface area contributed by atoms with Gasteiger partial charge in [0.2, 0.25) is 0 Å². The number of fused-ring (bicyclic) bond motifs is 2. The predicted octanol–water partition coefficient (Wildman–Crippen LogP) is 3.12. The molecule has 0 N–H and O–H groups in total. The molecular formula is C13H22ClN. The summed E-state index contributed by atoms with van der Waals surface area (Å²) in [5.74, 6) is 3.72. The fourth-order valence-corrected chi connectivity index (χ4v) is 4.73. The van der Waals surface area contributed by atoms with Gasteiger partial charge in [0, 0.05) is 18.0 Å². The summed E-state index contributed by atoms with van der Waals surface area (Å²) < 4.78 is 0. The van der Waals surface area contributed by atoms with E-state index in [4.69, 9.17) is 11.6 Å². The quantitative estimate of drug-likeness (QED) is 0.656. The molecule has 0 aromatic carbocycles. The fraction of sp³-hybridized carbons (Fsp3) is 1.00. The summed E-state index contributed by atoms with van der Waals surface area (Å²) in [7, 11) is 0. The van der Waals surface area contributed by atoms with Crippen molar-refractivity contribution in [2.75, 3.05) is 12.4 Å². The Bertz CT molecular complexity index is 243. The van der Waals surface area contributed by atoms with Gasteiger partial charge >= 0.3 is 0 Å². The van der Waals surface area contributed by atoms with Crippen LogP contribution in [0.1, 0.15) is 39.0 Å². The molecule has 0 spiro atoms. The molecule has 3 fully saturated rings. The molecule has 2 saturated carbocycles. The van der Waals surface area contributed by atoms with Gasteiger partial charge in [-0.05, 0) is 56.9 Å². The minimum absolute atomic E-state index is 0.742. The summed E-state index contributed by atoms with van der Waals surface area (Å²) in [4.78, 5) is 2.79. The van der Waals surface area contributed by atoms with Gasteiger partial charge in [0.25, 0.3) is 0 Å². The molecule has 1 aliphatic heterocycles. The molecule has 0 radical (unpaired) electrons. The Balaban J connectivity index is 1.68. The molecule has 3 rings (SSSR count). The van der Waals surface area contributed by atoms with Crippen LogP contribution in [-0.4, -0.2) is 29.4 Å². The van der Waals surface area contributed by atoms with Gasteiger partial charge in [-0.1, -0.05) is 6.42 Å². The molecule has 1 saturated heterocycles. The zero-order chi connectivity index (χ0) is 10.4. The van der Waals surface area contributed by atoms with Crippen LogP contribution in [0.2, 0.25) is 0 Å². The third-order valence-electron chi connectivity index (χ3n) is 5.29. The van der Waals surface area contributed by atoms with E-state index in [9.17, 15) is 0 Å². The van der Waals surface area contributed by atoms with Crippen LogP contribution in [0, 0.1) is 17.8 Å². The Morgan fingerprint density at radius 3 is 2.60 bits per heavy atom. The Morgan fingerprint density at radius 2 is 2.07 bits per heavy atom. The third-order valence-corrected chi connectivity index (χ3v) is 5.68. The first-order chi connectivity index (χ1) is 7.29. The van der Waals surface area contributed by atoms with Crippen molar-refractivity contribution in [3.05, 3.63) is 0 Å². The van der Waals surface area contributed by atoms with Crippen LogP contribution >= 0.6 is 11.6 Å². The first-order valence-corrected chi connectivity index (χ1v) is 7.14. The summed E-state index contributed by atoms with van der Waals surface area (Å²) in [6.45, 7) is 3.71. The van der Waals surface area contributed by atoms with Crippen molar-refractivity contribution in [1.29, 1.82) is 0 Å². The Hall–Kier alpha value is 0.250. The molecule has 15 heavy (non-hydrogen) atoms. The lowest BCUT2D eigenvalue weighted by Gasteiger charge is -2.35. The average molecular weight is 228 g/mol. The predicted molar refractivity (Wildman–Crippen MR) is 64.2 cm³/mol. The number of hydrogen-bond acceptors (Lipinski definition) is 1. The second-order valence-corrected chi connectivity index (χ2v) is 6.23. The Kier molecular flexibility index (Phi) is 2.72. The Labute approximate surface area is 98.2 Å². The van der Waals surface area contributed by atoms with Gasteiger partial charge in [-0.3, -0.25) is 4.90 Å². The first kappa shape index (κ1) is 10.4. The van der Waals surface area contributed by atoms with E-state index in [0.29, 0.717) is 0 Å². The highest BCUT2D eigenvalue weighted by Gasteiger charge is 2.45.